The van der Waals surface area contributed by atoms with Gasteiger partial charge in [-0.2, -0.15) is 0 Å². The van der Waals surface area contributed by atoms with Crippen LogP contribution in [0, 0.1) is 27.7 Å². The van der Waals surface area contributed by atoms with Gasteiger partial charge in [-0.05, 0) is 51.7 Å². The first kappa shape index (κ1) is 16.0. The van der Waals surface area contributed by atoms with E-state index in [9.17, 15) is 0 Å². The molecule has 0 saturated carbocycles. The molecule has 1 aliphatic rings. The summed E-state index contributed by atoms with van der Waals surface area (Å²) in [5.41, 5.74) is 9.39. The molecule has 0 amide bonds. The normalized spacial score (nSPS) is 24.7. The molecule has 0 spiro atoms. The van der Waals surface area contributed by atoms with Crippen LogP contribution in [-0.4, -0.2) is 0 Å². The molecule has 0 aliphatic carbocycles. The van der Waals surface area contributed by atoms with Crippen molar-refractivity contribution in [2.75, 3.05) is 0 Å². The topological polar surface area (TPSA) is 0 Å². The lowest BCUT2D eigenvalue weighted by Crippen LogP contribution is -1.93. The molecule has 2 unspecified atom stereocenters. The van der Waals surface area contributed by atoms with Crippen LogP contribution in [0.4, 0.5) is 0 Å². The molecular weight excluding hydrogens is 307 g/mol. The fourth-order valence-electron chi connectivity index (χ4n) is 3.80. The molecule has 1 aliphatic heterocycles. The van der Waals surface area contributed by atoms with E-state index in [1.807, 2.05) is 0 Å². The van der Waals surface area contributed by atoms with Gasteiger partial charge in [-0.15, -0.1) is 0 Å². The predicted octanol–water partition coefficient (Wildman–Crippen LogP) is 7.13. The van der Waals surface area contributed by atoms with Gasteiger partial charge in [-0.3, -0.25) is 0 Å². The zero-order valence-electron chi connectivity index (χ0n) is 13.9. The largest absolute Gasteiger partial charge is 0.0951 e. The molecule has 22 heavy (non-hydrogen) atoms. The average Bonchev–Trinajstić information content (AvgIpc) is 2.78. The van der Waals surface area contributed by atoms with Crippen LogP contribution in [0.15, 0.2) is 36.4 Å². The highest BCUT2D eigenvalue weighted by molar-refractivity contribution is 7.84. The quantitative estimate of drug-likeness (QED) is 0.513. The van der Waals surface area contributed by atoms with Gasteiger partial charge in [0.2, 0.25) is 0 Å². The second kappa shape index (κ2) is 6.34. The van der Waals surface area contributed by atoms with E-state index in [1.165, 1.54) is 46.2 Å². The lowest BCUT2D eigenvalue weighted by molar-refractivity contribution is 0.764. The highest BCUT2D eigenvalue weighted by Crippen LogP contribution is 2.73. The van der Waals surface area contributed by atoms with E-state index in [-0.39, 0.29) is 0 Å². The van der Waals surface area contributed by atoms with E-state index < -0.39 is 7.27 Å². The Morgan fingerprint density at radius 3 is 1.32 bits per heavy atom. The van der Waals surface area contributed by atoms with Gasteiger partial charge in [0.25, 0.3) is 0 Å². The summed E-state index contributed by atoms with van der Waals surface area (Å²) < 4.78 is 0. The van der Waals surface area contributed by atoms with Crippen LogP contribution < -0.4 is 0 Å². The molecule has 0 N–H and O–H groups in total. The zero-order valence-corrected chi connectivity index (χ0v) is 15.5. The second-order valence-electron chi connectivity index (χ2n) is 6.80. The van der Waals surface area contributed by atoms with E-state index >= 15 is 0 Å². The third-order valence-corrected chi connectivity index (χ3v) is 8.28. The fourth-order valence-corrected chi connectivity index (χ4v) is 7.16. The minimum Gasteiger partial charge on any atom is -0.0951 e. The van der Waals surface area contributed by atoms with E-state index in [0.29, 0.717) is 11.3 Å². The van der Waals surface area contributed by atoms with Crippen molar-refractivity contribution in [1.82, 2.24) is 0 Å². The molecule has 116 valence electrons. The summed E-state index contributed by atoms with van der Waals surface area (Å²) in [6.45, 7) is 8.74. The van der Waals surface area contributed by atoms with E-state index in [4.69, 9.17) is 11.2 Å². The van der Waals surface area contributed by atoms with Gasteiger partial charge in [0, 0.05) is 18.6 Å². The molecule has 0 aromatic heterocycles. The monoisotopic (exact) mass is 330 g/mol. The minimum absolute atomic E-state index is 0.522. The molecular formula is C20H24ClP. The Balaban J connectivity index is 1.89. The Bertz CT molecular complexity index is 592. The van der Waals surface area contributed by atoms with Crippen molar-refractivity contribution in [3.63, 3.8) is 0 Å². The molecule has 3 rings (SSSR count). The van der Waals surface area contributed by atoms with Crippen LogP contribution in [0.2, 0.25) is 0 Å². The molecule has 0 nitrogen and oxygen atoms in total. The van der Waals surface area contributed by atoms with Crippen molar-refractivity contribution in [2.45, 2.75) is 51.9 Å². The van der Waals surface area contributed by atoms with Crippen molar-refractivity contribution in [3.05, 3.63) is 69.8 Å². The third kappa shape index (κ3) is 3.24. The van der Waals surface area contributed by atoms with Crippen molar-refractivity contribution >= 4 is 18.5 Å². The number of aryl methyl sites for hydroxylation is 4. The smallest absolute Gasteiger partial charge is 0.0186 e. The number of halogens is 1. The van der Waals surface area contributed by atoms with Crippen LogP contribution in [0.25, 0.3) is 0 Å². The third-order valence-electron chi connectivity index (χ3n) is 4.57. The number of benzene rings is 2. The van der Waals surface area contributed by atoms with E-state index in [0.717, 1.165) is 0 Å². The van der Waals surface area contributed by atoms with Crippen LogP contribution >= 0.6 is 18.5 Å². The molecule has 1 fully saturated rings. The molecule has 2 atom stereocenters. The summed E-state index contributed by atoms with van der Waals surface area (Å²) in [5.74, 6) is 0. The maximum Gasteiger partial charge on any atom is 0.0186 e. The molecule has 1 saturated heterocycles. The average molecular weight is 331 g/mol. The molecule has 2 aromatic carbocycles. The van der Waals surface area contributed by atoms with Gasteiger partial charge in [0.05, 0.1) is 0 Å². The lowest BCUT2D eigenvalue weighted by Gasteiger charge is -2.21. The minimum atomic E-state index is -0.522. The van der Waals surface area contributed by atoms with Crippen molar-refractivity contribution in [3.8, 4) is 0 Å². The molecule has 0 radical (unpaired) electrons. The van der Waals surface area contributed by atoms with Gasteiger partial charge in [0.15, 0.2) is 0 Å². The fraction of sp³-hybridized carbons (Fsp3) is 0.400. The summed E-state index contributed by atoms with van der Waals surface area (Å²) in [6, 6.07) is 13.8. The van der Waals surface area contributed by atoms with E-state index in [2.05, 4.69) is 64.1 Å². The van der Waals surface area contributed by atoms with Gasteiger partial charge in [0.1, 0.15) is 0 Å². The van der Waals surface area contributed by atoms with Crippen molar-refractivity contribution in [1.29, 1.82) is 0 Å². The van der Waals surface area contributed by atoms with Gasteiger partial charge in [-0.1, -0.05) is 69.9 Å². The highest BCUT2D eigenvalue weighted by Gasteiger charge is 2.36. The van der Waals surface area contributed by atoms with Crippen LogP contribution in [0.1, 0.15) is 57.5 Å². The predicted molar refractivity (Wildman–Crippen MR) is 99.3 cm³/mol. The molecule has 1 heterocycles. The second-order valence-corrected chi connectivity index (χ2v) is 9.90. The zero-order chi connectivity index (χ0) is 15.9. The Kier molecular flexibility index (Phi) is 4.62. The summed E-state index contributed by atoms with van der Waals surface area (Å²) in [5, 5.41) is 0. The standard InChI is InChI=1S/C20H24ClP/c1-13-7-14(2)10-17(9-13)19-5-6-20(22(19)21)18-11-15(3)8-16(4)12-18/h7-12,19-20H,5-6H2,1-4H3. The van der Waals surface area contributed by atoms with Crippen molar-refractivity contribution in [2.24, 2.45) is 0 Å². The first-order valence-electron chi connectivity index (χ1n) is 8.04. The molecule has 2 aromatic rings. The SMILES string of the molecule is Cc1cc(C)cc(C2CCC(c3cc(C)cc(C)c3)P2Cl)c1. The van der Waals surface area contributed by atoms with Crippen molar-refractivity contribution < 1.29 is 0 Å². The van der Waals surface area contributed by atoms with E-state index in [1.54, 1.807) is 0 Å². The first-order chi connectivity index (χ1) is 10.4. The highest BCUT2D eigenvalue weighted by atomic mass is 35.7. The molecule has 0 bridgehead atoms. The van der Waals surface area contributed by atoms with Crippen LogP contribution in [0.3, 0.4) is 0 Å². The van der Waals surface area contributed by atoms with Crippen LogP contribution in [-0.2, 0) is 0 Å². The Hall–Kier alpha value is -0.840. The maximum absolute atomic E-state index is 6.99. The summed E-state index contributed by atoms with van der Waals surface area (Å²) in [4.78, 5) is 0. The number of hydrogen-bond acceptors (Lipinski definition) is 0. The first-order valence-corrected chi connectivity index (χ1v) is 10.4. The summed E-state index contributed by atoms with van der Waals surface area (Å²) >= 11 is 6.99. The summed E-state index contributed by atoms with van der Waals surface area (Å²) in [7, 11) is -0.522. The Morgan fingerprint density at radius 2 is 1.00 bits per heavy atom. The number of hydrogen-bond donors (Lipinski definition) is 0. The number of rotatable bonds is 2. The summed E-state index contributed by atoms with van der Waals surface area (Å²) in [6.07, 6.45) is 2.44. The lowest BCUT2D eigenvalue weighted by atomic mass is 9.99. The Morgan fingerprint density at radius 1 is 0.682 bits per heavy atom. The van der Waals surface area contributed by atoms with Gasteiger partial charge in [-0.25, -0.2) is 0 Å². The van der Waals surface area contributed by atoms with Gasteiger partial charge < -0.3 is 0 Å². The van der Waals surface area contributed by atoms with Crippen LogP contribution in [0.5, 0.6) is 0 Å². The van der Waals surface area contributed by atoms with Gasteiger partial charge >= 0.3 is 0 Å². The molecule has 2 heteroatoms. The Labute approximate surface area is 140 Å². The maximum atomic E-state index is 6.99.